The Hall–Kier alpha value is -2.35. The molecule has 4 rings (SSSR count). The molecule has 0 aliphatic carbocycles. The summed E-state index contributed by atoms with van der Waals surface area (Å²) in [5.41, 5.74) is 2.27. The minimum atomic E-state index is 0.209. The summed E-state index contributed by atoms with van der Waals surface area (Å²) in [5, 5.41) is 10.3. The first kappa shape index (κ1) is 19.0. The summed E-state index contributed by atoms with van der Waals surface area (Å²) >= 11 is 13.8. The molecule has 6 nitrogen and oxygen atoms in total. The molecule has 3 aromatic heterocycles. The molecular formula is C19H14Cl2N4O2S. The molecule has 9 heteroatoms. The van der Waals surface area contributed by atoms with Crippen LogP contribution in [0.4, 0.5) is 0 Å². The number of benzene rings is 1. The second-order valence-corrected chi connectivity index (χ2v) is 7.78. The van der Waals surface area contributed by atoms with Crippen molar-refractivity contribution in [2.45, 2.75) is 30.6 Å². The highest BCUT2D eigenvalue weighted by Gasteiger charge is 2.14. The predicted octanol–water partition coefficient (Wildman–Crippen LogP) is 5.67. The van der Waals surface area contributed by atoms with E-state index in [1.54, 1.807) is 19.3 Å². The number of para-hydroxylation sites is 1. The van der Waals surface area contributed by atoms with Gasteiger partial charge in [0.2, 0.25) is 5.89 Å². The van der Waals surface area contributed by atoms with E-state index in [9.17, 15) is 0 Å². The van der Waals surface area contributed by atoms with E-state index < -0.39 is 0 Å². The minimum absolute atomic E-state index is 0.209. The van der Waals surface area contributed by atoms with E-state index in [0.717, 1.165) is 21.5 Å². The van der Waals surface area contributed by atoms with Gasteiger partial charge in [-0.15, -0.1) is 10.2 Å². The Kier molecular flexibility index (Phi) is 5.39. The largest absolute Gasteiger partial charge is 0.487 e. The third kappa shape index (κ3) is 3.92. The maximum absolute atomic E-state index is 6.19. The molecule has 0 aliphatic rings. The van der Waals surface area contributed by atoms with E-state index in [2.05, 4.69) is 20.2 Å². The van der Waals surface area contributed by atoms with Gasteiger partial charge in [-0.2, -0.15) is 0 Å². The number of ether oxygens (including phenoxy) is 1. The van der Waals surface area contributed by atoms with E-state index in [-0.39, 0.29) is 6.61 Å². The normalized spacial score (nSPS) is 11.1. The highest BCUT2D eigenvalue weighted by Crippen LogP contribution is 2.36. The molecule has 0 radical (unpaired) electrons. The Morgan fingerprint density at radius 1 is 1.11 bits per heavy atom. The van der Waals surface area contributed by atoms with Gasteiger partial charge in [0.25, 0.3) is 5.22 Å². The zero-order valence-electron chi connectivity index (χ0n) is 14.9. The van der Waals surface area contributed by atoms with Gasteiger partial charge in [0.1, 0.15) is 17.9 Å². The molecule has 0 spiro atoms. The highest BCUT2D eigenvalue weighted by molar-refractivity contribution is 7.99. The average molecular weight is 433 g/mol. The Labute approximate surface area is 175 Å². The summed E-state index contributed by atoms with van der Waals surface area (Å²) in [5.74, 6) is 1.15. The van der Waals surface area contributed by atoms with Gasteiger partial charge in [-0.05, 0) is 30.8 Å². The van der Waals surface area contributed by atoms with Crippen LogP contribution in [0.5, 0.6) is 5.75 Å². The molecule has 0 amide bonds. The lowest BCUT2D eigenvalue weighted by Gasteiger charge is -2.12. The molecule has 0 bridgehead atoms. The summed E-state index contributed by atoms with van der Waals surface area (Å²) < 4.78 is 11.5. The molecule has 0 saturated heterocycles. The molecule has 0 saturated carbocycles. The highest BCUT2D eigenvalue weighted by atomic mass is 35.5. The lowest BCUT2D eigenvalue weighted by Crippen LogP contribution is -2.00. The Balaban J connectivity index is 1.70. The van der Waals surface area contributed by atoms with E-state index in [4.69, 9.17) is 32.4 Å². The van der Waals surface area contributed by atoms with Crippen LogP contribution in [-0.2, 0) is 6.61 Å². The molecule has 0 fully saturated rings. The maximum atomic E-state index is 6.19. The molecule has 28 heavy (non-hydrogen) atoms. The van der Waals surface area contributed by atoms with Crippen LogP contribution in [0.15, 0.2) is 51.2 Å². The summed E-state index contributed by atoms with van der Waals surface area (Å²) in [4.78, 5) is 9.57. The van der Waals surface area contributed by atoms with Crippen LogP contribution in [0.1, 0.15) is 17.1 Å². The van der Waals surface area contributed by atoms with Gasteiger partial charge in [0.15, 0.2) is 0 Å². The van der Waals surface area contributed by atoms with Gasteiger partial charge in [-0.1, -0.05) is 35.3 Å². The smallest absolute Gasteiger partial charge is 0.281 e. The third-order valence-electron chi connectivity index (χ3n) is 3.92. The van der Waals surface area contributed by atoms with Crippen molar-refractivity contribution in [3.05, 3.63) is 63.9 Å². The number of pyridine rings is 2. The molecule has 0 aliphatic heterocycles. The van der Waals surface area contributed by atoms with Crippen LogP contribution in [-0.4, -0.2) is 20.2 Å². The topological polar surface area (TPSA) is 73.9 Å². The second kappa shape index (κ2) is 7.95. The van der Waals surface area contributed by atoms with Crippen LogP contribution in [0, 0.1) is 13.8 Å². The van der Waals surface area contributed by atoms with Gasteiger partial charge >= 0.3 is 0 Å². The lowest BCUT2D eigenvalue weighted by molar-refractivity contribution is 0.309. The van der Waals surface area contributed by atoms with Crippen molar-refractivity contribution in [3.8, 4) is 5.75 Å². The Morgan fingerprint density at radius 3 is 2.61 bits per heavy atom. The first-order chi connectivity index (χ1) is 13.5. The van der Waals surface area contributed by atoms with Crippen LogP contribution < -0.4 is 4.74 Å². The number of halogens is 2. The fourth-order valence-corrected chi connectivity index (χ4v) is 4.06. The van der Waals surface area contributed by atoms with E-state index >= 15 is 0 Å². The van der Waals surface area contributed by atoms with Crippen LogP contribution >= 0.6 is 35.0 Å². The fraction of sp³-hybridized carbons (Fsp3) is 0.158. The van der Waals surface area contributed by atoms with Gasteiger partial charge in [0, 0.05) is 40.9 Å². The van der Waals surface area contributed by atoms with Crippen LogP contribution in [0.2, 0.25) is 10.0 Å². The number of hydrogen-bond donors (Lipinski definition) is 0. The monoisotopic (exact) mass is 432 g/mol. The number of aromatic nitrogens is 4. The average Bonchev–Trinajstić information content (AvgIpc) is 3.06. The van der Waals surface area contributed by atoms with E-state index in [1.807, 2.05) is 31.2 Å². The fourth-order valence-electron chi connectivity index (χ4n) is 2.65. The predicted molar refractivity (Wildman–Crippen MR) is 108 cm³/mol. The Bertz CT molecular complexity index is 1150. The molecule has 1 aromatic carbocycles. The van der Waals surface area contributed by atoms with Crippen molar-refractivity contribution in [2.75, 3.05) is 0 Å². The zero-order valence-corrected chi connectivity index (χ0v) is 17.3. The first-order valence-electron chi connectivity index (χ1n) is 8.30. The SMILES string of the molecule is Cc1cc(Sc2nnc(C)o2)c2cccc(OCc3c(Cl)cncc3Cl)c2n1. The lowest BCUT2D eigenvalue weighted by atomic mass is 10.2. The molecule has 0 N–H and O–H groups in total. The maximum Gasteiger partial charge on any atom is 0.281 e. The van der Waals surface area contributed by atoms with Crippen molar-refractivity contribution in [1.82, 2.24) is 20.2 Å². The number of rotatable bonds is 5. The van der Waals surface area contributed by atoms with Crippen molar-refractivity contribution >= 4 is 45.9 Å². The summed E-state index contributed by atoms with van der Waals surface area (Å²) in [6.45, 7) is 3.89. The first-order valence-corrected chi connectivity index (χ1v) is 9.87. The van der Waals surface area contributed by atoms with E-state index in [0.29, 0.717) is 32.5 Å². The van der Waals surface area contributed by atoms with Crippen LogP contribution in [0.25, 0.3) is 10.9 Å². The molecule has 3 heterocycles. The summed E-state index contributed by atoms with van der Waals surface area (Å²) in [6, 6.07) is 7.73. The third-order valence-corrected chi connectivity index (χ3v) is 5.47. The molecule has 4 aromatic rings. The molecule has 0 unspecified atom stereocenters. The van der Waals surface area contributed by atoms with Gasteiger partial charge in [-0.25, -0.2) is 4.98 Å². The minimum Gasteiger partial charge on any atom is -0.487 e. The van der Waals surface area contributed by atoms with Crippen molar-refractivity contribution in [2.24, 2.45) is 0 Å². The zero-order chi connectivity index (χ0) is 19.7. The summed E-state index contributed by atoms with van der Waals surface area (Å²) in [6.07, 6.45) is 3.08. The molecule has 142 valence electrons. The van der Waals surface area contributed by atoms with Gasteiger partial charge in [-0.3, -0.25) is 4.98 Å². The van der Waals surface area contributed by atoms with Crippen molar-refractivity contribution < 1.29 is 9.15 Å². The quantitative estimate of drug-likeness (QED) is 0.402. The molecular weight excluding hydrogens is 419 g/mol. The Morgan fingerprint density at radius 2 is 1.89 bits per heavy atom. The second-order valence-electron chi connectivity index (χ2n) is 5.97. The molecule has 0 atom stereocenters. The van der Waals surface area contributed by atoms with Crippen LogP contribution in [0.3, 0.4) is 0 Å². The number of nitrogens with zero attached hydrogens (tertiary/aromatic N) is 4. The number of aryl methyl sites for hydroxylation is 2. The summed E-state index contributed by atoms with van der Waals surface area (Å²) in [7, 11) is 0. The van der Waals surface area contributed by atoms with Crippen molar-refractivity contribution in [1.29, 1.82) is 0 Å². The van der Waals surface area contributed by atoms with Gasteiger partial charge < -0.3 is 9.15 Å². The number of hydrogen-bond acceptors (Lipinski definition) is 7. The van der Waals surface area contributed by atoms with Gasteiger partial charge in [0.05, 0.1) is 10.0 Å². The van der Waals surface area contributed by atoms with E-state index in [1.165, 1.54) is 11.8 Å². The number of fused-ring (bicyclic) bond motifs is 1. The van der Waals surface area contributed by atoms with Crippen molar-refractivity contribution in [3.63, 3.8) is 0 Å². The standard InChI is InChI=1S/C19H14Cl2N4O2S/c1-10-6-17(28-19-25-24-11(2)27-19)12-4-3-5-16(18(12)23-10)26-9-13-14(20)7-22-8-15(13)21/h3-8H,9H2,1-2H3.